The molecule has 10 heteroatoms. The molecule has 0 radical (unpaired) electrons. The Hall–Kier alpha value is -4.01. The first-order valence-corrected chi connectivity index (χ1v) is 10.5. The molecule has 5 heterocycles. The molecule has 0 aliphatic carbocycles. The molecule has 0 bridgehead atoms. The van der Waals surface area contributed by atoms with Crippen LogP contribution in [0.15, 0.2) is 92.4 Å². The maximum atomic E-state index is 6.17. The number of halogens is 2. The van der Waals surface area contributed by atoms with Crippen LogP contribution >= 0.6 is 24.0 Å². The molecule has 0 aliphatic rings. The van der Waals surface area contributed by atoms with Gasteiger partial charge in [-0.25, -0.2) is 15.0 Å². The number of aryl methyl sites for hydroxylation is 1. The van der Waals surface area contributed by atoms with E-state index in [-0.39, 0.29) is 12.4 Å². The van der Waals surface area contributed by atoms with E-state index in [2.05, 4.69) is 30.0 Å². The first-order valence-electron chi connectivity index (χ1n) is 10.1. The summed E-state index contributed by atoms with van der Waals surface area (Å²) in [4.78, 5) is 19.6. The van der Waals surface area contributed by atoms with E-state index in [9.17, 15) is 0 Å². The third-order valence-corrected chi connectivity index (χ3v) is 5.39. The van der Waals surface area contributed by atoms with Crippen LogP contribution in [0.1, 0.15) is 0 Å². The van der Waals surface area contributed by atoms with Gasteiger partial charge < -0.3 is 9.55 Å². The van der Waals surface area contributed by atoms with E-state index in [1.165, 1.54) is 0 Å². The van der Waals surface area contributed by atoms with Gasteiger partial charge in [0.25, 0.3) is 0 Å². The molecule has 0 atom stereocenters. The summed E-state index contributed by atoms with van der Waals surface area (Å²) >= 11 is 6.17. The van der Waals surface area contributed by atoms with Crippen molar-refractivity contribution in [3.05, 3.63) is 97.6 Å². The van der Waals surface area contributed by atoms with Crippen molar-refractivity contribution in [2.75, 3.05) is 0 Å². The van der Waals surface area contributed by atoms with Crippen LogP contribution in [-0.2, 0) is 7.05 Å². The van der Waals surface area contributed by atoms with Crippen molar-refractivity contribution in [1.29, 1.82) is 0 Å². The van der Waals surface area contributed by atoms with Gasteiger partial charge in [0, 0.05) is 59.9 Å². The summed E-state index contributed by atoms with van der Waals surface area (Å²) in [6.45, 7) is 0. The lowest BCUT2D eigenvalue weighted by molar-refractivity contribution is 0.768. The molecular formula is C24H20Cl2N8. The highest BCUT2D eigenvalue weighted by Crippen LogP contribution is 2.27. The Labute approximate surface area is 206 Å². The van der Waals surface area contributed by atoms with E-state index in [1.54, 1.807) is 48.3 Å². The summed E-state index contributed by atoms with van der Waals surface area (Å²) in [5.41, 5.74) is 5.02. The van der Waals surface area contributed by atoms with E-state index >= 15 is 0 Å². The molecular weight excluding hydrogens is 471 g/mol. The van der Waals surface area contributed by atoms with Crippen LogP contribution in [0.5, 0.6) is 0 Å². The summed E-state index contributed by atoms with van der Waals surface area (Å²) in [7, 11) is 1.89. The summed E-state index contributed by atoms with van der Waals surface area (Å²) in [6.07, 6.45) is 16.2. The van der Waals surface area contributed by atoms with Crippen molar-refractivity contribution >= 4 is 34.8 Å². The van der Waals surface area contributed by atoms with E-state index < -0.39 is 0 Å². The van der Waals surface area contributed by atoms with Gasteiger partial charge in [0.1, 0.15) is 5.15 Å². The standard InChI is InChI=1S/C17H11ClN4.C7H8N4.ClH/c18-17-14-2-1-3-16(13(14)6-9-20-17)22-10-15(21-11-22)12-4-7-19-8-5-12;1-11-4-6(2-10-11)7-3-8-5-9-7;/h1-11H;2-5H,1H3,(H,8,9);1H. The Bertz CT molecular complexity index is 1490. The highest BCUT2D eigenvalue weighted by Gasteiger charge is 2.08. The SMILES string of the molecule is Cl.Clc1nccc2c(-n3cnc(-c4ccncc4)c3)cccc12.Cn1cc(-c2cnc[nH]2)cn1. The number of nitrogens with zero attached hydrogens (tertiary/aromatic N) is 7. The molecule has 5 aromatic heterocycles. The van der Waals surface area contributed by atoms with Crippen LogP contribution in [-0.4, -0.2) is 39.3 Å². The summed E-state index contributed by atoms with van der Waals surface area (Å²) in [5.74, 6) is 0. The molecule has 0 spiro atoms. The molecule has 1 aromatic carbocycles. The number of hydrogen-bond donors (Lipinski definition) is 1. The van der Waals surface area contributed by atoms with Crippen molar-refractivity contribution in [3.8, 4) is 28.2 Å². The number of rotatable bonds is 3. The van der Waals surface area contributed by atoms with Gasteiger partial charge >= 0.3 is 0 Å². The van der Waals surface area contributed by atoms with Gasteiger partial charge in [0.2, 0.25) is 0 Å². The maximum absolute atomic E-state index is 6.17. The number of aromatic amines is 1. The number of aromatic nitrogens is 8. The average Bonchev–Trinajstić information content (AvgIpc) is 3.62. The highest BCUT2D eigenvalue weighted by atomic mass is 35.5. The fraction of sp³-hybridized carbons (Fsp3) is 0.0417. The van der Waals surface area contributed by atoms with E-state index in [4.69, 9.17) is 11.6 Å². The molecule has 0 amide bonds. The number of benzene rings is 1. The van der Waals surface area contributed by atoms with E-state index in [1.807, 2.05) is 60.4 Å². The molecule has 6 aromatic rings. The van der Waals surface area contributed by atoms with Crippen molar-refractivity contribution in [3.63, 3.8) is 0 Å². The first-order chi connectivity index (χ1) is 16.2. The lowest BCUT2D eigenvalue weighted by Crippen LogP contribution is -1.92. The second-order valence-corrected chi connectivity index (χ2v) is 7.60. The maximum Gasteiger partial charge on any atom is 0.136 e. The molecule has 0 unspecified atom stereocenters. The molecule has 0 fully saturated rings. The zero-order chi connectivity index (χ0) is 22.6. The fourth-order valence-corrected chi connectivity index (χ4v) is 3.70. The van der Waals surface area contributed by atoms with Crippen molar-refractivity contribution < 1.29 is 0 Å². The zero-order valence-corrected chi connectivity index (χ0v) is 19.6. The molecule has 8 nitrogen and oxygen atoms in total. The fourth-order valence-electron chi connectivity index (χ4n) is 3.48. The quantitative estimate of drug-likeness (QED) is 0.336. The Morgan fingerprint density at radius 2 is 1.71 bits per heavy atom. The average molecular weight is 491 g/mol. The van der Waals surface area contributed by atoms with Crippen LogP contribution in [0.4, 0.5) is 0 Å². The molecule has 1 N–H and O–H groups in total. The van der Waals surface area contributed by atoms with Gasteiger partial charge in [0.15, 0.2) is 0 Å². The highest BCUT2D eigenvalue weighted by molar-refractivity contribution is 6.34. The predicted octanol–water partition coefficient (Wildman–Crippen LogP) is 5.37. The second-order valence-electron chi connectivity index (χ2n) is 7.24. The molecule has 34 heavy (non-hydrogen) atoms. The lowest BCUT2D eigenvalue weighted by Gasteiger charge is -2.07. The lowest BCUT2D eigenvalue weighted by atomic mass is 10.1. The Morgan fingerprint density at radius 3 is 2.44 bits per heavy atom. The topological polar surface area (TPSA) is 90.1 Å². The third kappa shape index (κ3) is 4.83. The minimum atomic E-state index is 0. The van der Waals surface area contributed by atoms with Crippen molar-refractivity contribution in [1.82, 2.24) is 39.3 Å². The van der Waals surface area contributed by atoms with Crippen LogP contribution in [0.2, 0.25) is 5.15 Å². The number of H-pyrrole nitrogens is 1. The monoisotopic (exact) mass is 490 g/mol. The zero-order valence-electron chi connectivity index (χ0n) is 18.1. The van der Waals surface area contributed by atoms with Crippen molar-refractivity contribution in [2.24, 2.45) is 7.05 Å². The number of fused-ring (bicyclic) bond motifs is 1. The summed E-state index contributed by atoms with van der Waals surface area (Å²) < 4.78 is 3.75. The smallest absolute Gasteiger partial charge is 0.136 e. The Balaban J connectivity index is 0.000000193. The second kappa shape index (κ2) is 10.3. The minimum Gasteiger partial charge on any atom is -0.345 e. The number of pyridine rings is 2. The Kier molecular flexibility index (Phi) is 7.01. The van der Waals surface area contributed by atoms with Crippen LogP contribution < -0.4 is 0 Å². The summed E-state index contributed by atoms with van der Waals surface area (Å²) in [6, 6.07) is 11.8. The number of nitrogens with one attached hydrogen (secondary N) is 1. The van der Waals surface area contributed by atoms with Crippen LogP contribution in [0, 0.1) is 0 Å². The minimum absolute atomic E-state index is 0. The van der Waals surface area contributed by atoms with E-state index in [0.717, 1.165) is 39.0 Å². The van der Waals surface area contributed by atoms with E-state index in [0.29, 0.717) is 5.15 Å². The van der Waals surface area contributed by atoms with Crippen LogP contribution in [0.25, 0.3) is 39.0 Å². The number of hydrogen-bond acceptors (Lipinski definition) is 5. The van der Waals surface area contributed by atoms with Gasteiger partial charge in [-0.3, -0.25) is 9.67 Å². The summed E-state index contributed by atoms with van der Waals surface area (Å²) in [5, 5.41) is 6.52. The predicted molar refractivity (Wildman–Crippen MR) is 135 cm³/mol. The largest absolute Gasteiger partial charge is 0.345 e. The molecule has 0 saturated carbocycles. The first kappa shape index (κ1) is 23.2. The van der Waals surface area contributed by atoms with Gasteiger partial charge in [-0.15, -0.1) is 12.4 Å². The third-order valence-electron chi connectivity index (χ3n) is 5.09. The van der Waals surface area contributed by atoms with Gasteiger partial charge in [0.05, 0.1) is 42.1 Å². The van der Waals surface area contributed by atoms with Gasteiger partial charge in [-0.2, -0.15) is 5.10 Å². The number of imidazole rings is 2. The molecule has 170 valence electrons. The van der Waals surface area contributed by atoms with Crippen molar-refractivity contribution in [2.45, 2.75) is 0 Å². The molecule has 6 rings (SSSR count). The molecule has 0 saturated heterocycles. The van der Waals surface area contributed by atoms with Gasteiger partial charge in [-0.1, -0.05) is 23.7 Å². The Morgan fingerprint density at radius 1 is 0.853 bits per heavy atom. The van der Waals surface area contributed by atoms with Gasteiger partial charge in [-0.05, 0) is 24.3 Å². The molecule has 0 aliphatic heterocycles. The normalized spacial score (nSPS) is 10.4. The van der Waals surface area contributed by atoms with Crippen LogP contribution in [0.3, 0.4) is 0 Å².